The van der Waals surface area contributed by atoms with Crippen LogP contribution in [0.1, 0.15) is 12.5 Å². The van der Waals surface area contributed by atoms with E-state index in [9.17, 15) is 21.6 Å². The van der Waals surface area contributed by atoms with Crippen molar-refractivity contribution in [3.8, 4) is 5.75 Å². The van der Waals surface area contributed by atoms with Crippen LogP contribution >= 0.6 is 0 Å². The van der Waals surface area contributed by atoms with Gasteiger partial charge in [-0.25, -0.2) is 8.42 Å². The molecule has 0 unspecified atom stereocenters. The van der Waals surface area contributed by atoms with Gasteiger partial charge in [-0.05, 0) is 17.7 Å². The molecule has 21 heavy (non-hydrogen) atoms. The fraction of sp³-hybridized carbons (Fsp3) is 0.500. The molecule has 5 nitrogen and oxygen atoms in total. The average Bonchev–Trinajstić information content (AvgIpc) is 2.42. The highest BCUT2D eigenvalue weighted by molar-refractivity contribution is 7.89. The first-order chi connectivity index (χ1) is 9.65. The van der Waals surface area contributed by atoms with Crippen molar-refractivity contribution in [1.29, 1.82) is 0 Å². The van der Waals surface area contributed by atoms with Crippen LogP contribution < -0.4 is 10.5 Å². The molecular weight excluding hydrogens is 309 g/mol. The lowest BCUT2D eigenvalue weighted by atomic mass is 10.2. The topological polar surface area (TPSA) is 72.6 Å². The summed E-state index contributed by atoms with van der Waals surface area (Å²) in [6.07, 6.45) is -4.62. The molecule has 0 atom stereocenters. The number of methoxy groups -OCH3 is 1. The largest absolute Gasteiger partial charge is 0.495 e. The summed E-state index contributed by atoms with van der Waals surface area (Å²) in [4.78, 5) is -0.312. The Kier molecular flexibility index (Phi) is 5.60. The highest BCUT2D eigenvalue weighted by Gasteiger charge is 2.37. The molecule has 0 fully saturated rings. The van der Waals surface area contributed by atoms with Crippen LogP contribution in [0.25, 0.3) is 0 Å². The molecule has 0 saturated heterocycles. The normalized spacial score (nSPS) is 12.7. The Hall–Kier alpha value is -1.32. The summed E-state index contributed by atoms with van der Waals surface area (Å²) in [5.41, 5.74) is 6.05. The molecule has 0 bridgehead atoms. The SMILES string of the molecule is CCN(CC(F)(F)F)S(=O)(=O)c1ccc(CN)cc1OC. The number of rotatable bonds is 6. The highest BCUT2D eigenvalue weighted by Crippen LogP contribution is 2.29. The van der Waals surface area contributed by atoms with E-state index in [0.29, 0.717) is 9.87 Å². The number of hydrogen-bond donors (Lipinski definition) is 1. The van der Waals surface area contributed by atoms with Gasteiger partial charge in [-0.15, -0.1) is 0 Å². The third kappa shape index (κ3) is 4.32. The van der Waals surface area contributed by atoms with E-state index in [0.717, 1.165) is 0 Å². The molecule has 1 aromatic rings. The molecule has 9 heteroatoms. The standard InChI is InChI=1S/C12H17F3N2O3S/c1-3-17(8-12(13,14)15)21(18,19)11-5-4-9(7-16)6-10(11)20-2/h4-6H,3,7-8,16H2,1-2H3. The third-order valence-electron chi connectivity index (χ3n) is 2.79. The summed E-state index contributed by atoms with van der Waals surface area (Å²) in [6, 6.07) is 4.04. The number of alkyl halides is 3. The third-order valence-corrected chi connectivity index (χ3v) is 4.75. The number of nitrogens with two attached hydrogens (primary N) is 1. The summed E-state index contributed by atoms with van der Waals surface area (Å²) in [5.74, 6) is -0.0291. The quantitative estimate of drug-likeness (QED) is 0.864. The van der Waals surface area contributed by atoms with Gasteiger partial charge in [0, 0.05) is 13.1 Å². The van der Waals surface area contributed by atoms with Crippen molar-refractivity contribution in [3.05, 3.63) is 23.8 Å². The molecule has 0 spiro atoms. The van der Waals surface area contributed by atoms with Gasteiger partial charge in [0.1, 0.15) is 17.2 Å². The second kappa shape index (κ2) is 6.63. The van der Waals surface area contributed by atoms with Gasteiger partial charge in [0.15, 0.2) is 0 Å². The van der Waals surface area contributed by atoms with Crippen molar-refractivity contribution in [2.24, 2.45) is 5.73 Å². The smallest absolute Gasteiger partial charge is 0.402 e. The minimum absolute atomic E-state index is 0.0291. The Balaban J connectivity index is 3.28. The Morgan fingerprint density at radius 2 is 1.95 bits per heavy atom. The molecule has 2 N–H and O–H groups in total. The van der Waals surface area contributed by atoms with E-state index < -0.39 is 22.7 Å². The van der Waals surface area contributed by atoms with E-state index in [1.54, 1.807) is 0 Å². The van der Waals surface area contributed by atoms with Crippen LogP contribution in [0.5, 0.6) is 5.75 Å². The highest BCUT2D eigenvalue weighted by atomic mass is 32.2. The van der Waals surface area contributed by atoms with Gasteiger partial charge in [0.25, 0.3) is 0 Å². The molecular formula is C12H17F3N2O3S. The summed E-state index contributed by atoms with van der Waals surface area (Å²) in [7, 11) is -3.06. The maximum atomic E-state index is 12.5. The number of nitrogens with zero attached hydrogens (tertiary/aromatic N) is 1. The van der Waals surface area contributed by atoms with Gasteiger partial charge in [-0.1, -0.05) is 13.0 Å². The maximum Gasteiger partial charge on any atom is 0.402 e. The van der Waals surface area contributed by atoms with Crippen LogP contribution in [-0.2, 0) is 16.6 Å². The van der Waals surface area contributed by atoms with Gasteiger partial charge in [0.05, 0.1) is 7.11 Å². The van der Waals surface area contributed by atoms with Gasteiger partial charge in [-0.2, -0.15) is 17.5 Å². The Morgan fingerprint density at radius 3 is 2.38 bits per heavy atom. The zero-order valence-corrected chi connectivity index (χ0v) is 12.5. The van der Waals surface area contributed by atoms with E-state index in [1.165, 1.54) is 32.2 Å². The van der Waals surface area contributed by atoms with Crippen molar-refractivity contribution in [2.45, 2.75) is 24.5 Å². The van der Waals surface area contributed by atoms with E-state index in [1.807, 2.05) is 0 Å². The predicted molar refractivity (Wildman–Crippen MR) is 71.4 cm³/mol. The molecule has 0 aromatic heterocycles. The van der Waals surface area contributed by atoms with Crippen molar-refractivity contribution in [3.63, 3.8) is 0 Å². The molecule has 120 valence electrons. The lowest BCUT2D eigenvalue weighted by Gasteiger charge is -2.23. The summed E-state index contributed by atoms with van der Waals surface area (Å²) < 4.78 is 67.4. The van der Waals surface area contributed by atoms with Gasteiger partial charge >= 0.3 is 6.18 Å². The number of sulfonamides is 1. The van der Waals surface area contributed by atoms with Crippen LogP contribution in [0, 0.1) is 0 Å². The molecule has 0 aliphatic rings. The number of benzene rings is 1. The second-order valence-corrected chi connectivity index (χ2v) is 6.14. The fourth-order valence-corrected chi connectivity index (χ4v) is 3.33. The van der Waals surface area contributed by atoms with Crippen LogP contribution in [-0.4, -0.2) is 39.1 Å². The molecule has 0 saturated carbocycles. The van der Waals surface area contributed by atoms with Crippen molar-refractivity contribution >= 4 is 10.0 Å². The average molecular weight is 326 g/mol. The van der Waals surface area contributed by atoms with Crippen molar-refractivity contribution in [1.82, 2.24) is 4.31 Å². The van der Waals surface area contributed by atoms with E-state index in [2.05, 4.69) is 0 Å². The minimum Gasteiger partial charge on any atom is -0.495 e. The molecule has 0 aliphatic heterocycles. The lowest BCUT2D eigenvalue weighted by molar-refractivity contribution is -0.135. The summed E-state index contributed by atoms with van der Waals surface area (Å²) in [5, 5.41) is 0. The first-order valence-electron chi connectivity index (χ1n) is 6.09. The molecule has 1 rings (SSSR count). The van der Waals surface area contributed by atoms with Gasteiger partial charge < -0.3 is 10.5 Å². The van der Waals surface area contributed by atoms with Crippen LogP contribution in [0.2, 0.25) is 0 Å². The monoisotopic (exact) mass is 326 g/mol. The summed E-state index contributed by atoms with van der Waals surface area (Å²) >= 11 is 0. The molecule has 0 aliphatic carbocycles. The summed E-state index contributed by atoms with van der Waals surface area (Å²) in [6.45, 7) is -0.349. The first-order valence-corrected chi connectivity index (χ1v) is 7.53. The van der Waals surface area contributed by atoms with Crippen molar-refractivity contribution in [2.75, 3.05) is 20.2 Å². The number of halogens is 3. The Bertz CT molecular complexity index is 588. The van der Waals surface area contributed by atoms with Crippen LogP contribution in [0.15, 0.2) is 23.1 Å². The zero-order valence-electron chi connectivity index (χ0n) is 11.6. The number of hydrogen-bond acceptors (Lipinski definition) is 4. The van der Waals surface area contributed by atoms with Gasteiger partial charge in [-0.3, -0.25) is 0 Å². The van der Waals surface area contributed by atoms with E-state index >= 15 is 0 Å². The van der Waals surface area contributed by atoms with Crippen LogP contribution in [0.3, 0.4) is 0 Å². The number of ether oxygens (including phenoxy) is 1. The zero-order chi connectivity index (χ0) is 16.3. The Labute approximate surface area is 121 Å². The van der Waals surface area contributed by atoms with Crippen LogP contribution in [0.4, 0.5) is 13.2 Å². The fourth-order valence-electron chi connectivity index (χ4n) is 1.76. The molecule has 0 heterocycles. The second-order valence-electron chi connectivity index (χ2n) is 4.24. The molecule has 1 aromatic carbocycles. The maximum absolute atomic E-state index is 12.5. The van der Waals surface area contributed by atoms with E-state index in [-0.39, 0.29) is 23.7 Å². The first kappa shape index (κ1) is 17.7. The van der Waals surface area contributed by atoms with Crippen molar-refractivity contribution < 1.29 is 26.3 Å². The molecule has 0 amide bonds. The lowest BCUT2D eigenvalue weighted by Crippen LogP contribution is -2.38. The van der Waals surface area contributed by atoms with E-state index in [4.69, 9.17) is 10.5 Å². The predicted octanol–water partition coefficient (Wildman–Crippen LogP) is 1.73. The Morgan fingerprint density at radius 1 is 1.33 bits per heavy atom. The minimum atomic E-state index is -4.62. The van der Waals surface area contributed by atoms with Gasteiger partial charge in [0.2, 0.25) is 10.0 Å². The molecule has 0 radical (unpaired) electrons.